The summed E-state index contributed by atoms with van der Waals surface area (Å²) in [7, 11) is 0. The van der Waals surface area contributed by atoms with Crippen LogP contribution in [0, 0.1) is 24.6 Å². The molecule has 0 unspecified atom stereocenters. The van der Waals surface area contributed by atoms with Gasteiger partial charge in [0.25, 0.3) is 0 Å². The summed E-state index contributed by atoms with van der Waals surface area (Å²) in [5.41, 5.74) is 1.35. The summed E-state index contributed by atoms with van der Waals surface area (Å²) in [4.78, 5) is 38.4. The smallest absolute Gasteiger partial charge is 0.341 e. The van der Waals surface area contributed by atoms with Gasteiger partial charge in [0.2, 0.25) is 5.91 Å². The molecule has 0 spiro atoms. The van der Waals surface area contributed by atoms with Gasteiger partial charge >= 0.3 is 11.9 Å². The minimum Gasteiger partial charge on any atom is -0.481 e. The highest BCUT2D eigenvalue weighted by Gasteiger charge is 2.55. The summed E-state index contributed by atoms with van der Waals surface area (Å²) in [6.45, 7) is 3.62. The molecule has 2 saturated heterocycles. The van der Waals surface area contributed by atoms with E-state index in [1.54, 1.807) is 26.0 Å². The highest BCUT2D eigenvalue weighted by Crippen LogP contribution is 2.45. The lowest BCUT2D eigenvalue weighted by molar-refractivity contribution is -0.147. The molecule has 1 aromatic carbocycles. The maximum atomic E-state index is 13.4. The molecule has 0 radical (unpaired) electrons. The topological polar surface area (TPSA) is 102 Å². The first-order valence-electron chi connectivity index (χ1n) is 10.1. The Morgan fingerprint density at radius 2 is 1.84 bits per heavy atom. The van der Waals surface area contributed by atoms with Gasteiger partial charge in [0, 0.05) is 10.4 Å². The maximum Gasteiger partial charge on any atom is 0.341 e. The monoisotopic (exact) mass is 447 g/mol. The second-order valence-electron chi connectivity index (χ2n) is 7.63. The van der Waals surface area contributed by atoms with Crippen molar-refractivity contribution in [3.8, 4) is 11.1 Å². The van der Waals surface area contributed by atoms with Crippen LogP contribution in [0.5, 0.6) is 0 Å². The van der Waals surface area contributed by atoms with Crippen molar-refractivity contribution in [1.82, 2.24) is 0 Å². The van der Waals surface area contributed by atoms with Crippen molar-refractivity contribution < 1.29 is 33.4 Å². The van der Waals surface area contributed by atoms with Crippen LogP contribution in [0.1, 0.15) is 35.0 Å². The van der Waals surface area contributed by atoms with E-state index in [9.17, 15) is 23.9 Å². The van der Waals surface area contributed by atoms with Crippen LogP contribution in [0.2, 0.25) is 0 Å². The Morgan fingerprint density at radius 3 is 2.45 bits per heavy atom. The van der Waals surface area contributed by atoms with Gasteiger partial charge in [-0.2, -0.15) is 0 Å². The third-order valence-corrected chi connectivity index (χ3v) is 6.82. The lowest BCUT2D eigenvalue weighted by atomic mass is 9.78. The normalized spacial score (nSPS) is 24.2. The molecule has 2 aliphatic heterocycles. The SMILES string of the molecule is CCOC(=O)c1c(NC(=O)[C@H]2[C@@H](C(=O)O)[C@@H]3CC[C@@H]2O3)sc(C)c1-c1ccc(F)cc1. The maximum absolute atomic E-state index is 13.4. The van der Waals surface area contributed by atoms with Gasteiger partial charge in [0.05, 0.1) is 30.7 Å². The molecule has 7 nitrogen and oxygen atoms in total. The average Bonchev–Trinajstić information content (AvgIpc) is 3.41. The number of aliphatic carboxylic acids is 1. The number of aryl methyl sites for hydroxylation is 1. The van der Waals surface area contributed by atoms with Crippen molar-refractivity contribution in [3.63, 3.8) is 0 Å². The number of carboxylic acid groups (broad SMARTS) is 1. The molecule has 3 heterocycles. The van der Waals surface area contributed by atoms with Crippen LogP contribution in [0.25, 0.3) is 11.1 Å². The van der Waals surface area contributed by atoms with Crippen LogP contribution in [-0.4, -0.2) is 41.8 Å². The Kier molecular flexibility index (Phi) is 5.81. The van der Waals surface area contributed by atoms with Gasteiger partial charge in [-0.25, -0.2) is 9.18 Å². The van der Waals surface area contributed by atoms with Crippen molar-refractivity contribution in [2.45, 2.75) is 38.9 Å². The number of thiophene rings is 1. The van der Waals surface area contributed by atoms with Crippen LogP contribution >= 0.6 is 11.3 Å². The summed E-state index contributed by atoms with van der Waals surface area (Å²) in [6, 6.07) is 5.71. The fourth-order valence-corrected chi connectivity index (χ4v) is 5.58. The summed E-state index contributed by atoms with van der Waals surface area (Å²) in [5, 5.41) is 12.6. The van der Waals surface area contributed by atoms with Gasteiger partial charge in [0.1, 0.15) is 16.4 Å². The molecule has 9 heteroatoms. The fraction of sp³-hybridized carbons (Fsp3) is 0.409. The second kappa shape index (κ2) is 8.39. The third-order valence-electron chi connectivity index (χ3n) is 5.79. The third kappa shape index (κ3) is 3.83. The van der Waals surface area contributed by atoms with Crippen molar-refractivity contribution in [2.24, 2.45) is 11.8 Å². The van der Waals surface area contributed by atoms with E-state index in [1.165, 1.54) is 23.5 Å². The van der Waals surface area contributed by atoms with Gasteiger partial charge in [-0.3, -0.25) is 9.59 Å². The first-order chi connectivity index (χ1) is 14.8. The van der Waals surface area contributed by atoms with E-state index in [0.717, 1.165) is 4.88 Å². The zero-order chi connectivity index (χ0) is 22.3. The van der Waals surface area contributed by atoms with E-state index >= 15 is 0 Å². The molecule has 2 fully saturated rings. The van der Waals surface area contributed by atoms with Crippen molar-refractivity contribution in [3.05, 3.63) is 40.5 Å². The molecule has 4 rings (SSSR count). The first kappa shape index (κ1) is 21.5. The lowest BCUT2D eigenvalue weighted by Crippen LogP contribution is -2.41. The zero-order valence-corrected chi connectivity index (χ0v) is 17.8. The van der Waals surface area contributed by atoms with Crippen LogP contribution in [-0.2, 0) is 19.1 Å². The number of ether oxygens (including phenoxy) is 2. The summed E-state index contributed by atoms with van der Waals surface area (Å²) in [6.07, 6.45) is 0.325. The Hall–Kier alpha value is -2.78. The fourth-order valence-electron chi connectivity index (χ4n) is 4.51. The van der Waals surface area contributed by atoms with Crippen LogP contribution < -0.4 is 5.32 Å². The van der Waals surface area contributed by atoms with Crippen molar-refractivity contribution in [2.75, 3.05) is 11.9 Å². The molecule has 0 aliphatic carbocycles. The van der Waals surface area contributed by atoms with E-state index in [4.69, 9.17) is 9.47 Å². The highest BCUT2D eigenvalue weighted by atomic mass is 32.1. The Labute approximate surface area is 182 Å². The molecular formula is C22H22FNO6S. The molecule has 2 aromatic rings. The van der Waals surface area contributed by atoms with Crippen molar-refractivity contribution >= 4 is 34.2 Å². The summed E-state index contributed by atoms with van der Waals surface area (Å²) >= 11 is 1.20. The van der Waals surface area contributed by atoms with Crippen molar-refractivity contribution in [1.29, 1.82) is 0 Å². The Balaban J connectivity index is 1.70. The highest BCUT2D eigenvalue weighted by molar-refractivity contribution is 7.17. The number of amides is 1. The second-order valence-corrected chi connectivity index (χ2v) is 8.86. The summed E-state index contributed by atoms with van der Waals surface area (Å²) < 4.78 is 24.3. The quantitative estimate of drug-likeness (QED) is 0.652. The predicted octanol–water partition coefficient (Wildman–Crippen LogP) is 3.86. The van der Waals surface area contributed by atoms with E-state index in [2.05, 4.69) is 5.32 Å². The number of fused-ring (bicyclic) bond motifs is 2. The van der Waals surface area contributed by atoms with E-state index in [0.29, 0.717) is 24.0 Å². The number of rotatable bonds is 6. The summed E-state index contributed by atoms with van der Waals surface area (Å²) in [5.74, 6) is -4.31. The largest absolute Gasteiger partial charge is 0.481 e. The number of benzene rings is 1. The molecule has 1 amide bonds. The number of halogens is 1. The molecule has 31 heavy (non-hydrogen) atoms. The van der Waals surface area contributed by atoms with Gasteiger partial charge in [-0.1, -0.05) is 12.1 Å². The number of carbonyl (C=O) groups is 3. The minimum absolute atomic E-state index is 0.144. The van der Waals surface area contributed by atoms with E-state index < -0.39 is 47.7 Å². The zero-order valence-electron chi connectivity index (χ0n) is 17.0. The van der Waals surface area contributed by atoms with Gasteiger partial charge in [0.15, 0.2) is 0 Å². The standard InChI is InChI=1S/C22H22FNO6S/c1-3-29-22(28)18-15(11-4-6-12(23)7-5-11)10(2)31-20(18)24-19(25)16-13-8-9-14(30-13)17(16)21(26)27/h4-7,13-14,16-17H,3,8-9H2,1-2H3,(H,24,25)(H,26,27)/t13-,14-,16+,17-/m0/s1. The molecule has 2 aliphatic rings. The molecule has 164 valence electrons. The molecule has 2 N–H and O–H groups in total. The Bertz CT molecular complexity index is 1030. The van der Waals surface area contributed by atoms with Crippen LogP contribution in [0.4, 0.5) is 9.39 Å². The number of anilines is 1. The Morgan fingerprint density at radius 1 is 1.19 bits per heavy atom. The van der Waals surface area contributed by atoms with Crippen LogP contribution in [0.15, 0.2) is 24.3 Å². The lowest BCUT2D eigenvalue weighted by Gasteiger charge is -2.23. The number of hydrogen-bond donors (Lipinski definition) is 2. The van der Waals surface area contributed by atoms with Gasteiger partial charge in [-0.05, 0) is 44.4 Å². The molecule has 2 bridgehead atoms. The minimum atomic E-state index is -1.06. The molecule has 4 atom stereocenters. The molecule has 0 saturated carbocycles. The first-order valence-corrected chi connectivity index (χ1v) is 10.9. The number of carboxylic acids is 1. The number of esters is 1. The number of hydrogen-bond acceptors (Lipinski definition) is 6. The van der Waals surface area contributed by atoms with E-state index in [-0.39, 0.29) is 17.2 Å². The molecule has 1 aromatic heterocycles. The molecular weight excluding hydrogens is 425 g/mol. The van der Waals surface area contributed by atoms with Gasteiger partial charge in [-0.15, -0.1) is 11.3 Å². The van der Waals surface area contributed by atoms with Gasteiger partial charge < -0.3 is 19.9 Å². The van der Waals surface area contributed by atoms with E-state index in [1.807, 2.05) is 0 Å². The number of carbonyl (C=O) groups excluding carboxylic acids is 2. The number of nitrogens with one attached hydrogen (secondary N) is 1. The predicted molar refractivity (Wildman–Crippen MR) is 112 cm³/mol. The van der Waals surface area contributed by atoms with Crippen LogP contribution in [0.3, 0.4) is 0 Å². The average molecular weight is 447 g/mol.